The molecular weight excluding hydrogens is 715 g/mol. The third kappa shape index (κ3) is 5.57. The molecule has 0 fully saturated rings. The molecule has 7 aliphatic rings. The third-order valence-corrected chi connectivity index (χ3v) is 15.2. The van der Waals surface area contributed by atoms with Crippen LogP contribution in [-0.4, -0.2) is 15.6 Å². The van der Waals surface area contributed by atoms with Gasteiger partial charge >= 0.3 is 0 Å². The maximum Gasteiger partial charge on any atom is 0.0682 e. The highest BCUT2D eigenvalue weighted by atomic mass is 15.2. The molecular formula is C56H53N3. The van der Waals surface area contributed by atoms with Crippen molar-refractivity contribution < 1.29 is 0 Å². The van der Waals surface area contributed by atoms with E-state index in [4.69, 9.17) is 4.98 Å². The van der Waals surface area contributed by atoms with Crippen molar-refractivity contribution in [2.24, 2.45) is 11.8 Å². The SMILES string of the molecule is CC1(C)c2ccc(N3c4ccccc4C4C=C(C5C=c6c(n(-c7cc(C8=CCCCC8)nc(C8C=CC=CC8)c7)c7ccccc67)=CC5)CCC43)cc2C2C=CC=CC21. The normalized spacial score (nSPS) is 26.9. The molecule has 12 rings (SSSR count). The van der Waals surface area contributed by atoms with E-state index in [0.717, 1.165) is 44.2 Å². The largest absolute Gasteiger partial charge is 0.337 e. The minimum absolute atomic E-state index is 0.134. The first kappa shape index (κ1) is 35.3. The minimum atomic E-state index is 0.134. The van der Waals surface area contributed by atoms with Gasteiger partial charge in [-0.3, -0.25) is 4.98 Å². The van der Waals surface area contributed by atoms with Gasteiger partial charge in [-0.1, -0.05) is 135 Å². The second-order valence-electron chi connectivity index (χ2n) is 18.7. The predicted molar refractivity (Wildman–Crippen MR) is 246 cm³/mol. The average Bonchev–Trinajstić information content (AvgIpc) is 3.89. The van der Waals surface area contributed by atoms with Crippen LogP contribution in [0.4, 0.5) is 11.4 Å². The molecule has 6 aliphatic carbocycles. The van der Waals surface area contributed by atoms with Crippen LogP contribution in [0.5, 0.6) is 0 Å². The van der Waals surface area contributed by atoms with Crippen molar-refractivity contribution in [3.63, 3.8) is 0 Å². The van der Waals surface area contributed by atoms with Gasteiger partial charge in [0.1, 0.15) is 0 Å². The van der Waals surface area contributed by atoms with Gasteiger partial charge in [0.2, 0.25) is 0 Å². The fourth-order valence-corrected chi connectivity index (χ4v) is 12.2. The number of hydrogen-bond acceptors (Lipinski definition) is 2. The van der Waals surface area contributed by atoms with Gasteiger partial charge < -0.3 is 9.47 Å². The Hall–Kier alpha value is -5.67. The third-order valence-electron chi connectivity index (χ3n) is 15.2. The van der Waals surface area contributed by atoms with Gasteiger partial charge in [-0.05, 0) is 121 Å². The zero-order chi connectivity index (χ0) is 39.2. The lowest BCUT2D eigenvalue weighted by atomic mass is 9.74. The van der Waals surface area contributed by atoms with Gasteiger partial charge in [0, 0.05) is 57.0 Å². The summed E-state index contributed by atoms with van der Waals surface area (Å²) in [5.41, 5.74) is 15.3. The summed E-state index contributed by atoms with van der Waals surface area (Å²) in [4.78, 5) is 8.07. The number of nitrogens with zero attached hydrogens (tertiary/aromatic N) is 3. The summed E-state index contributed by atoms with van der Waals surface area (Å²) >= 11 is 0. The molecule has 3 aromatic carbocycles. The van der Waals surface area contributed by atoms with Gasteiger partial charge in [-0.15, -0.1) is 0 Å². The molecule has 0 saturated heterocycles. The summed E-state index contributed by atoms with van der Waals surface area (Å²) in [6, 6.07) is 31.0. The fourth-order valence-electron chi connectivity index (χ4n) is 12.2. The highest BCUT2D eigenvalue weighted by Gasteiger charge is 2.46. The van der Waals surface area contributed by atoms with Crippen LogP contribution in [0.3, 0.4) is 0 Å². The van der Waals surface area contributed by atoms with E-state index in [-0.39, 0.29) is 5.41 Å². The molecule has 0 N–H and O–H groups in total. The Bertz CT molecular complexity index is 2870. The molecule has 3 heterocycles. The Kier molecular flexibility index (Phi) is 8.19. The summed E-state index contributed by atoms with van der Waals surface area (Å²) in [6.07, 6.45) is 37.8. The molecule has 59 heavy (non-hydrogen) atoms. The van der Waals surface area contributed by atoms with E-state index < -0.39 is 0 Å². The van der Waals surface area contributed by atoms with Gasteiger partial charge in [0.05, 0.1) is 22.6 Å². The smallest absolute Gasteiger partial charge is 0.0682 e. The number of anilines is 2. The molecule has 2 aromatic heterocycles. The lowest BCUT2D eigenvalue weighted by Gasteiger charge is -2.35. The highest BCUT2D eigenvalue weighted by Crippen LogP contribution is 2.56. The van der Waals surface area contributed by atoms with Crippen LogP contribution >= 0.6 is 0 Å². The summed E-state index contributed by atoms with van der Waals surface area (Å²) in [5.74, 6) is 2.04. The quantitative estimate of drug-likeness (QED) is 0.166. The zero-order valence-corrected chi connectivity index (χ0v) is 34.4. The molecule has 0 spiro atoms. The van der Waals surface area contributed by atoms with Crippen molar-refractivity contribution in [2.75, 3.05) is 4.90 Å². The van der Waals surface area contributed by atoms with E-state index in [2.05, 4.69) is 175 Å². The number of allylic oxidation sites excluding steroid dienone is 11. The Morgan fingerprint density at radius 3 is 2.49 bits per heavy atom. The van der Waals surface area contributed by atoms with Gasteiger partial charge in [0.15, 0.2) is 0 Å². The lowest BCUT2D eigenvalue weighted by Crippen LogP contribution is -2.35. The average molecular weight is 768 g/mol. The molecule has 5 aromatic rings. The van der Waals surface area contributed by atoms with Gasteiger partial charge in [0.25, 0.3) is 0 Å². The van der Waals surface area contributed by atoms with Crippen LogP contribution < -0.4 is 15.5 Å². The standard InChI is InChI=1S/C56H53N3/c1-56(2)48-22-12-9-19-42(48)45-33-40(27-28-49(45)56)58-52-23-13-10-20-43(52)46-31-38(25-29-54(46)58)39-26-30-55-47(32-39)44-21-11-14-24-53(44)59(55)41-34-50(36-15-5-3-6-16-36)57-51(35-41)37-17-7-4-8-18-37/h3,5-6,9-15,17,19-24,27-28,30-36,39,42,46,48,54H,4,7-8,16,18,25-26,29H2,1-2H3. The molecule has 3 heteroatoms. The topological polar surface area (TPSA) is 21.1 Å². The van der Waals surface area contributed by atoms with Crippen molar-refractivity contribution in [1.29, 1.82) is 0 Å². The Labute approximate surface area is 348 Å². The van der Waals surface area contributed by atoms with Crippen LogP contribution in [-0.2, 0) is 5.41 Å². The maximum absolute atomic E-state index is 5.36. The summed E-state index contributed by atoms with van der Waals surface area (Å²) in [6.45, 7) is 4.87. The van der Waals surface area contributed by atoms with Crippen LogP contribution in [0.1, 0.15) is 111 Å². The minimum Gasteiger partial charge on any atom is -0.337 e. The second-order valence-corrected chi connectivity index (χ2v) is 18.7. The van der Waals surface area contributed by atoms with Crippen molar-refractivity contribution in [3.8, 4) is 5.69 Å². The summed E-state index contributed by atoms with van der Waals surface area (Å²) in [5, 5.41) is 4.06. The molecule has 0 amide bonds. The summed E-state index contributed by atoms with van der Waals surface area (Å²) in [7, 11) is 0. The second kappa shape index (κ2) is 13.7. The van der Waals surface area contributed by atoms with Gasteiger partial charge in [-0.2, -0.15) is 0 Å². The van der Waals surface area contributed by atoms with Crippen LogP contribution in [0.2, 0.25) is 0 Å². The number of benzene rings is 3. The number of aromatic nitrogens is 2. The molecule has 292 valence electrons. The molecule has 6 atom stereocenters. The first-order chi connectivity index (χ1) is 29.0. The van der Waals surface area contributed by atoms with Crippen molar-refractivity contribution >= 4 is 40.0 Å². The Balaban J connectivity index is 0.923. The number of para-hydroxylation sites is 2. The number of rotatable bonds is 5. The molecule has 1 aliphatic heterocycles. The lowest BCUT2D eigenvalue weighted by molar-refractivity contribution is 0.394. The monoisotopic (exact) mass is 767 g/mol. The van der Waals surface area contributed by atoms with Crippen molar-refractivity contribution in [3.05, 3.63) is 184 Å². The van der Waals surface area contributed by atoms with E-state index in [1.807, 2.05) is 0 Å². The highest BCUT2D eigenvalue weighted by molar-refractivity contribution is 5.85. The predicted octanol–water partition coefficient (Wildman–Crippen LogP) is 12.3. The molecule has 0 bridgehead atoms. The zero-order valence-electron chi connectivity index (χ0n) is 34.4. The molecule has 0 radical (unpaired) electrons. The number of fused-ring (bicyclic) bond motifs is 9. The molecule has 6 unspecified atom stereocenters. The van der Waals surface area contributed by atoms with Crippen LogP contribution in [0.25, 0.3) is 34.3 Å². The van der Waals surface area contributed by atoms with Gasteiger partial charge in [-0.25, -0.2) is 0 Å². The number of hydrogen-bond donors (Lipinski definition) is 0. The molecule has 0 saturated carbocycles. The van der Waals surface area contributed by atoms with E-state index in [1.54, 1.807) is 5.57 Å². The van der Waals surface area contributed by atoms with E-state index in [1.165, 1.54) is 79.3 Å². The maximum atomic E-state index is 5.36. The van der Waals surface area contributed by atoms with Crippen molar-refractivity contribution in [2.45, 2.75) is 94.4 Å². The first-order valence-corrected chi connectivity index (χ1v) is 22.5. The first-order valence-electron chi connectivity index (χ1n) is 22.5. The summed E-state index contributed by atoms with van der Waals surface area (Å²) < 4.78 is 2.55. The van der Waals surface area contributed by atoms with Crippen molar-refractivity contribution in [1.82, 2.24) is 9.55 Å². The van der Waals surface area contributed by atoms with E-state index in [9.17, 15) is 0 Å². The Morgan fingerprint density at radius 1 is 0.712 bits per heavy atom. The number of pyridine rings is 1. The Morgan fingerprint density at radius 2 is 1.59 bits per heavy atom. The van der Waals surface area contributed by atoms with Crippen LogP contribution in [0, 0.1) is 11.8 Å². The fraction of sp³-hybridized carbons (Fsp3) is 0.304. The van der Waals surface area contributed by atoms with E-state index in [0.29, 0.717) is 35.6 Å². The van der Waals surface area contributed by atoms with Crippen LogP contribution in [0.15, 0.2) is 145 Å². The molecule has 3 nitrogen and oxygen atoms in total. The van der Waals surface area contributed by atoms with E-state index >= 15 is 0 Å².